The second-order valence-electron chi connectivity index (χ2n) is 5.14. The summed E-state index contributed by atoms with van der Waals surface area (Å²) in [6.45, 7) is 8.61. The minimum absolute atomic E-state index is 0.781. The van der Waals surface area contributed by atoms with E-state index in [-0.39, 0.29) is 0 Å². The molecule has 96 valence electrons. The van der Waals surface area contributed by atoms with Crippen molar-refractivity contribution in [3.05, 3.63) is 0 Å². The van der Waals surface area contributed by atoms with E-state index in [1.807, 2.05) is 0 Å². The fourth-order valence-corrected chi connectivity index (χ4v) is 1.92. The first kappa shape index (κ1) is 14.0. The van der Waals surface area contributed by atoms with Gasteiger partial charge in [-0.15, -0.1) is 0 Å². The number of rotatable bonds is 11. The highest BCUT2D eigenvalue weighted by atomic mass is 16.5. The molecule has 0 amide bonds. The molecule has 1 fully saturated rings. The van der Waals surface area contributed by atoms with Crippen molar-refractivity contribution < 1.29 is 4.74 Å². The molecule has 16 heavy (non-hydrogen) atoms. The lowest BCUT2D eigenvalue weighted by Crippen LogP contribution is -2.23. The summed E-state index contributed by atoms with van der Waals surface area (Å²) >= 11 is 0. The van der Waals surface area contributed by atoms with Gasteiger partial charge in [-0.1, -0.05) is 33.1 Å². The van der Waals surface area contributed by atoms with E-state index in [0.29, 0.717) is 0 Å². The fourth-order valence-electron chi connectivity index (χ4n) is 1.92. The molecule has 0 spiro atoms. The van der Waals surface area contributed by atoms with E-state index in [9.17, 15) is 0 Å². The molecule has 2 heteroatoms. The Balaban J connectivity index is 1.83. The summed E-state index contributed by atoms with van der Waals surface area (Å²) in [6.07, 6.45) is 8.12. The van der Waals surface area contributed by atoms with Gasteiger partial charge in [0.05, 0.1) is 6.61 Å². The quantitative estimate of drug-likeness (QED) is 0.547. The minimum atomic E-state index is 0.781. The summed E-state index contributed by atoms with van der Waals surface area (Å²) in [5.41, 5.74) is 0. The van der Waals surface area contributed by atoms with Crippen molar-refractivity contribution >= 4 is 0 Å². The highest BCUT2D eigenvalue weighted by Crippen LogP contribution is 2.27. The second-order valence-corrected chi connectivity index (χ2v) is 5.14. The van der Waals surface area contributed by atoms with Crippen molar-refractivity contribution in [2.24, 2.45) is 11.8 Å². The molecule has 1 aliphatic carbocycles. The standard InChI is InChI=1S/C14H29NO/c1-3-5-6-13(4-2)12-16-10-9-15-11-14-7-8-14/h13-15H,3-12H2,1-2H3. The molecule has 1 rings (SSSR count). The van der Waals surface area contributed by atoms with Crippen molar-refractivity contribution in [1.82, 2.24) is 5.32 Å². The van der Waals surface area contributed by atoms with Gasteiger partial charge in [0.1, 0.15) is 0 Å². The van der Waals surface area contributed by atoms with E-state index in [4.69, 9.17) is 4.74 Å². The zero-order valence-corrected chi connectivity index (χ0v) is 11.1. The van der Waals surface area contributed by atoms with E-state index < -0.39 is 0 Å². The summed E-state index contributed by atoms with van der Waals surface area (Å²) < 4.78 is 5.72. The Hall–Kier alpha value is -0.0800. The molecule has 0 radical (unpaired) electrons. The Morgan fingerprint density at radius 3 is 2.75 bits per heavy atom. The fraction of sp³-hybridized carbons (Fsp3) is 1.00. The molecule has 1 saturated carbocycles. The zero-order chi connectivity index (χ0) is 11.6. The van der Waals surface area contributed by atoms with Crippen LogP contribution in [0.15, 0.2) is 0 Å². The van der Waals surface area contributed by atoms with Gasteiger partial charge in [-0.05, 0) is 37.6 Å². The molecular formula is C14H29NO. The van der Waals surface area contributed by atoms with E-state index >= 15 is 0 Å². The molecule has 1 N–H and O–H groups in total. The van der Waals surface area contributed by atoms with Crippen molar-refractivity contribution in [2.75, 3.05) is 26.3 Å². The van der Waals surface area contributed by atoms with Crippen molar-refractivity contribution in [1.29, 1.82) is 0 Å². The Morgan fingerprint density at radius 2 is 2.12 bits per heavy atom. The molecule has 0 heterocycles. The van der Waals surface area contributed by atoms with Crippen LogP contribution in [0.3, 0.4) is 0 Å². The maximum atomic E-state index is 5.72. The summed E-state index contributed by atoms with van der Waals surface area (Å²) in [7, 11) is 0. The third-order valence-electron chi connectivity index (χ3n) is 3.45. The molecule has 0 aromatic heterocycles. The Kier molecular flexibility index (Phi) is 7.87. The zero-order valence-electron chi connectivity index (χ0n) is 11.1. The normalized spacial score (nSPS) is 17.6. The average molecular weight is 227 g/mol. The third-order valence-corrected chi connectivity index (χ3v) is 3.45. The predicted molar refractivity (Wildman–Crippen MR) is 69.7 cm³/mol. The number of nitrogens with one attached hydrogen (secondary N) is 1. The topological polar surface area (TPSA) is 21.3 Å². The molecular weight excluding hydrogens is 198 g/mol. The highest BCUT2D eigenvalue weighted by molar-refractivity contribution is 4.74. The van der Waals surface area contributed by atoms with Crippen LogP contribution in [0.5, 0.6) is 0 Å². The summed E-state index contributed by atoms with van der Waals surface area (Å²) in [6, 6.07) is 0. The van der Waals surface area contributed by atoms with Crippen LogP contribution in [0.2, 0.25) is 0 Å². The van der Waals surface area contributed by atoms with Gasteiger partial charge < -0.3 is 10.1 Å². The van der Waals surface area contributed by atoms with Crippen LogP contribution >= 0.6 is 0 Å². The first-order valence-electron chi connectivity index (χ1n) is 7.15. The van der Waals surface area contributed by atoms with Crippen molar-refractivity contribution in [2.45, 2.75) is 52.4 Å². The van der Waals surface area contributed by atoms with Gasteiger partial charge in [0, 0.05) is 13.2 Å². The molecule has 0 aliphatic heterocycles. The van der Waals surface area contributed by atoms with Crippen LogP contribution in [-0.4, -0.2) is 26.3 Å². The van der Waals surface area contributed by atoms with Crippen LogP contribution in [0.25, 0.3) is 0 Å². The van der Waals surface area contributed by atoms with Gasteiger partial charge in [0.25, 0.3) is 0 Å². The van der Waals surface area contributed by atoms with E-state index in [1.165, 1.54) is 45.1 Å². The van der Waals surface area contributed by atoms with Crippen LogP contribution in [0.4, 0.5) is 0 Å². The average Bonchev–Trinajstić information content (AvgIpc) is 3.11. The number of unbranched alkanes of at least 4 members (excludes halogenated alkanes) is 1. The van der Waals surface area contributed by atoms with E-state index in [1.54, 1.807) is 0 Å². The van der Waals surface area contributed by atoms with E-state index in [2.05, 4.69) is 19.2 Å². The van der Waals surface area contributed by atoms with Gasteiger partial charge in [0.15, 0.2) is 0 Å². The molecule has 1 atom stereocenters. The second kappa shape index (κ2) is 9.00. The molecule has 2 nitrogen and oxygen atoms in total. The van der Waals surface area contributed by atoms with Gasteiger partial charge in [0.2, 0.25) is 0 Å². The highest BCUT2D eigenvalue weighted by Gasteiger charge is 2.19. The van der Waals surface area contributed by atoms with Gasteiger partial charge in [-0.3, -0.25) is 0 Å². The summed E-state index contributed by atoms with van der Waals surface area (Å²) in [4.78, 5) is 0. The first-order chi connectivity index (χ1) is 7.86. The van der Waals surface area contributed by atoms with Gasteiger partial charge >= 0.3 is 0 Å². The van der Waals surface area contributed by atoms with Crippen molar-refractivity contribution in [3.8, 4) is 0 Å². The van der Waals surface area contributed by atoms with Crippen LogP contribution in [0, 0.1) is 11.8 Å². The molecule has 0 bridgehead atoms. The number of hydrogen-bond acceptors (Lipinski definition) is 2. The predicted octanol–water partition coefficient (Wildman–Crippen LogP) is 3.22. The Bertz CT molecular complexity index is 157. The van der Waals surface area contributed by atoms with Crippen LogP contribution < -0.4 is 5.32 Å². The van der Waals surface area contributed by atoms with Gasteiger partial charge in [-0.25, -0.2) is 0 Å². The largest absolute Gasteiger partial charge is 0.380 e. The lowest BCUT2D eigenvalue weighted by Gasteiger charge is -2.14. The summed E-state index contributed by atoms with van der Waals surface area (Å²) in [5.74, 6) is 1.76. The summed E-state index contributed by atoms with van der Waals surface area (Å²) in [5, 5.41) is 3.46. The van der Waals surface area contributed by atoms with E-state index in [0.717, 1.165) is 31.6 Å². The Morgan fingerprint density at radius 1 is 1.31 bits per heavy atom. The SMILES string of the molecule is CCCCC(CC)COCCNCC1CC1. The Labute approximate surface area is 101 Å². The molecule has 1 unspecified atom stereocenters. The number of hydrogen-bond donors (Lipinski definition) is 1. The maximum Gasteiger partial charge on any atom is 0.0591 e. The third kappa shape index (κ3) is 7.24. The minimum Gasteiger partial charge on any atom is -0.380 e. The van der Waals surface area contributed by atoms with Crippen molar-refractivity contribution in [3.63, 3.8) is 0 Å². The molecule has 1 aliphatic rings. The van der Waals surface area contributed by atoms with Crippen LogP contribution in [-0.2, 0) is 4.74 Å². The van der Waals surface area contributed by atoms with Crippen LogP contribution in [0.1, 0.15) is 52.4 Å². The lowest BCUT2D eigenvalue weighted by atomic mass is 10.0. The monoisotopic (exact) mass is 227 g/mol. The smallest absolute Gasteiger partial charge is 0.0591 e. The lowest BCUT2D eigenvalue weighted by molar-refractivity contribution is 0.0956. The molecule has 0 aromatic carbocycles. The number of ether oxygens (including phenoxy) is 1. The first-order valence-corrected chi connectivity index (χ1v) is 7.15. The molecule has 0 aromatic rings. The maximum absolute atomic E-state index is 5.72. The van der Waals surface area contributed by atoms with Gasteiger partial charge in [-0.2, -0.15) is 0 Å². The molecule has 0 saturated heterocycles.